The maximum Gasteiger partial charge on any atom is 0.259 e. The van der Waals surface area contributed by atoms with Gasteiger partial charge in [-0.15, -0.1) is 0 Å². The van der Waals surface area contributed by atoms with Gasteiger partial charge in [0.15, 0.2) is 5.82 Å². The Bertz CT molecular complexity index is 1420. The van der Waals surface area contributed by atoms with E-state index in [-0.39, 0.29) is 10.9 Å². The van der Waals surface area contributed by atoms with Crippen molar-refractivity contribution in [3.8, 4) is 11.5 Å². The number of H-pyrrole nitrogens is 2. The van der Waals surface area contributed by atoms with Crippen molar-refractivity contribution in [1.29, 1.82) is 0 Å². The van der Waals surface area contributed by atoms with E-state index in [4.69, 9.17) is 0 Å². The Morgan fingerprint density at radius 3 is 2.72 bits per heavy atom. The molecule has 0 radical (unpaired) electrons. The molecule has 1 aliphatic carbocycles. The molecule has 2 fully saturated rings. The van der Waals surface area contributed by atoms with Gasteiger partial charge in [-0.1, -0.05) is 19.1 Å². The van der Waals surface area contributed by atoms with Gasteiger partial charge in [0.25, 0.3) is 5.56 Å². The number of nitrogens with one attached hydrogen (secondary N) is 2. The molecule has 2 N–H and O–H groups in total. The molecule has 1 saturated heterocycles. The second-order valence-corrected chi connectivity index (χ2v) is 9.81. The molecule has 0 spiro atoms. The van der Waals surface area contributed by atoms with Gasteiger partial charge in [-0.25, -0.2) is 9.37 Å². The number of fused-ring (bicyclic) bond motifs is 1. The molecular formula is C27H30FN7O. The first-order valence-corrected chi connectivity index (χ1v) is 12.8. The monoisotopic (exact) mass is 487 g/mol. The minimum absolute atomic E-state index is 0.153. The van der Waals surface area contributed by atoms with Gasteiger partial charge in [0, 0.05) is 50.3 Å². The van der Waals surface area contributed by atoms with E-state index in [9.17, 15) is 9.18 Å². The fourth-order valence-electron chi connectivity index (χ4n) is 5.71. The van der Waals surface area contributed by atoms with Crippen molar-refractivity contribution in [2.75, 3.05) is 31.1 Å². The predicted octanol–water partition coefficient (Wildman–Crippen LogP) is 3.87. The molecule has 1 aliphatic heterocycles. The van der Waals surface area contributed by atoms with Crippen LogP contribution in [0.3, 0.4) is 0 Å². The van der Waals surface area contributed by atoms with Crippen LogP contribution in [0, 0.1) is 5.82 Å². The zero-order chi connectivity index (χ0) is 24.6. The van der Waals surface area contributed by atoms with E-state index in [2.05, 4.69) is 41.0 Å². The average Bonchev–Trinajstić information content (AvgIpc) is 3.59. The molecule has 1 saturated carbocycles. The van der Waals surface area contributed by atoms with E-state index in [1.54, 1.807) is 6.07 Å². The molecule has 8 nitrogen and oxygen atoms in total. The van der Waals surface area contributed by atoms with Gasteiger partial charge in [-0.2, -0.15) is 5.10 Å². The van der Waals surface area contributed by atoms with Gasteiger partial charge in [0.2, 0.25) is 0 Å². The van der Waals surface area contributed by atoms with Crippen LogP contribution >= 0.6 is 0 Å². The zero-order valence-corrected chi connectivity index (χ0v) is 20.4. The molecule has 2 aliphatic rings. The van der Waals surface area contributed by atoms with Crippen LogP contribution < -0.4 is 10.5 Å². The summed E-state index contributed by atoms with van der Waals surface area (Å²) in [6, 6.07) is 11.4. The van der Waals surface area contributed by atoms with Crippen molar-refractivity contribution < 1.29 is 4.39 Å². The van der Waals surface area contributed by atoms with Crippen molar-refractivity contribution in [1.82, 2.24) is 30.0 Å². The maximum atomic E-state index is 14.1. The smallest absolute Gasteiger partial charge is 0.259 e. The summed E-state index contributed by atoms with van der Waals surface area (Å²) in [7, 11) is 0. The first kappa shape index (κ1) is 22.8. The number of hydrogen-bond acceptors (Lipinski definition) is 6. The lowest BCUT2D eigenvalue weighted by atomic mass is 10.00. The van der Waals surface area contributed by atoms with Gasteiger partial charge in [-0.3, -0.25) is 19.8 Å². The molecule has 3 aromatic heterocycles. The summed E-state index contributed by atoms with van der Waals surface area (Å²) in [6.45, 7) is 5.95. The number of pyridine rings is 2. The van der Waals surface area contributed by atoms with Crippen molar-refractivity contribution in [3.63, 3.8) is 0 Å². The van der Waals surface area contributed by atoms with Gasteiger partial charge < -0.3 is 9.88 Å². The lowest BCUT2D eigenvalue weighted by molar-refractivity contribution is 0.186. The van der Waals surface area contributed by atoms with E-state index in [0.29, 0.717) is 23.2 Å². The highest BCUT2D eigenvalue weighted by Crippen LogP contribution is 2.37. The number of piperazine rings is 1. The molecule has 186 valence electrons. The molecule has 0 amide bonds. The minimum atomic E-state index is -0.462. The number of benzene rings is 1. The zero-order valence-electron chi connectivity index (χ0n) is 20.4. The topological polar surface area (TPSA) is 93.8 Å². The van der Waals surface area contributed by atoms with Crippen LogP contribution in [0.2, 0.25) is 0 Å². The molecule has 0 unspecified atom stereocenters. The van der Waals surface area contributed by atoms with E-state index in [1.807, 2.05) is 31.3 Å². The Morgan fingerprint density at radius 2 is 1.97 bits per heavy atom. The first-order valence-electron chi connectivity index (χ1n) is 12.8. The van der Waals surface area contributed by atoms with E-state index in [1.165, 1.54) is 6.07 Å². The van der Waals surface area contributed by atoms with Crippen molar-refractivity contribution in [2.45, 2.75) is 44.6 Å². The standard InChI is InChI=1S/C27H30FN7O/c1-2-24-31-26(33-32-24)22-9-8-20(16-29-22)35-12-10-34(11-13-35)19-7-6-17(14-19)23-15-18-4-3-5-21(28)25(18)27(36)30-23/h3-5,8-9,15-17,19H,2,6-7,10-14H2,1H3,(H,30,36)(H,31,32,33)/t17-,19+/m1/s1. The van der Waals surface area contributed by atoms with Gasteiger partial charge >= 0.3 is 0 Å². The van der Waals surface area contributed by atoms with Gasteiger partial charge in [-0.05, 0) is 48.9 Å². The van der Waals surface area contributed by atoms with Crippen molar-refractivity contribution in [2.24, 2.45) is 0 Å². The van der Waals surface area contributed by atoms with Crippen LogP contribution in [0.1, 0.15) is 43.6 Å². The number of halogens is 1. The Labute approximate surface area is 208 Å². The lowest BCUT2D eigenvalue weighted by Crippen LogP contribution is -2.49. The van der Waals surface area contributed by atoms with Crippen LogP contribution in [0.5, 0.6) is 0 Å². The van der Waals surface area contributed by atoms with Crippen LogP contribution in [-0.4, -0.2) is 62.3 Å². The van der Waals surface area contributed by atoms with E-state index < -0.39 is 5.82 Å². The highest BCUT2D eigenvalue weighted by molar-refractivity contribution is 5.82. The lowest BCUT2D eigenvalue weighted by Gasteiger charge is -2.39. The highest BCUT2D eigenvalue weighted by atomic mass is 19.1. The highest BCUT2D eigenvalue weighted by Gasteiger charge is 2.32. The van der Waals surface area contributed by atoms with Crippen LogP contribution in [0.15, 0.2) is 47.4 Å². The fraction of sp³-hybridized carbons (Fsp3) is 0.407. The largest absolute Gasteiger partial charge is 0.368 e. The number of anilines is 1. The second-order valence-electron chi connectivity index (χ2n) is 9.81. The number of aryl methyl sites for hydroxylation is 1. The number of aromatic nitrogens is 5. The number of hydrogen-bond donors (Lipinski definition) is 2. The molecule has 4 heterocycles. The Morgan fingerprint density at radius 1 is 1.11 bits per heavy atom. The molecule has 0 bridgehead atoms. The average molecular weight is 488 g/mol. The summed E-state index contributed by atoms with van der Waals surface area (Å²) >= 11 is 0. The summed E-state index contributed by atoms with van der Waals surface area (Å²) in [5.74, 6) is 1.34. The predicted molar refractivity (Wildman–Crippen MR) is 138 cm³/mol. The summed E-state index contributed by atoms with van der Waals surface area (Å²) < 4.78 is 14.1. The van der Waals surface area contributed by atoms with Crippen LogP contribution in [0.25, 0.3) is 22.3 Å². The summed E-state index contributed by atoms with van der Waals surface area (Å²) in [5.41, 5.74) is 2.50. The molecule has 2 atom stereocenters. The molecule has 4 aromatic rings. The Kier molecular flexibility index (Phi) is 6.00. The fourth-order valence-corrected chi connectivity index (χ4v) is 5.71. The summed E-state index contributed by atoms with van der Waals surface area (Å²) in [4.78, 5) is 29.5. The first-order chi connectivity index (χ1) is 17.6. The summed E-state index contributed by atoms with van der Waals surface area (Å²) in [6.07, 6.45) is 5.90. The third-order valence-electron chi connectivity index (χ3n) is 7.73. The van der Waals surface area contributed by atoms with E-state index in [0.717, 1.165) is 74.8 Å². The van der Waals surface area contributed by atoms with E-state index >= 15 is 0 Å². The quantitative estimate of drug-likeness (QED) is 0.444. The number of rotatable bonds is 5. The summed E-state index contributed by atoms with van der Waals surface area (Å²) in [5, 5.41) is 8.02. The van der Waals surface area contributed by atoms with Crippen LogP contribution in [-0.2, 0) is 6.42 Å². The SMILES string of the molecule is CCc1nc(-c2ccc(N3CCN([C@H]4CC[C@@H](c5cc6cccc(F)c6c(=O)[nH]5)C4)CC3)cn2)n[nH]1. The Hall–Kier alpha value is -3.59. The van der Waals surface area contributed by atoms with Crippen LogP contribution in [0.4, 0.5) is 10.1 Å². The third-order valence-corrected chi connectivity index (χ3v) is 7.73. The molecule has 6 rings (SSSR count). The van der Waals surface area contributed by atoms with Crippen molar-refractivity contribution in [3.05, 3.63) is 70.3 Å². The van der Waals surface area contributed by atoms with Crippen molar-refractivity contribution >= 4 is 16.5 Å². The molecule has 9 heteroatoms. The Balaban J connectivity index is 1.07. The normalized spacial score (nSPS) is 20.9. The second kappa shape index (κ2) is 9.46. The number of nitrogens with zero attached hydrogens (tertiary/aromatic N) is 5. The maximum absolute atomic E-state index is 14.1. The molecule has 1 aromatic carbocycles. The molecule has 36 heavy (non-hydrogen) atoms. The minimum Gasteiger partial charge on any atom is -0.368 e. The number of aromatic amines is 2. The van der Waals surface area contributed by atoms with Gasteiger partial charge in [0.1, 0.15) is 17.3 Å². The molecular weight excluding hydrogens is 457 g/mol. The third kappa shape index (κ3) is 4.28. The van der Waals surface area contributed by atoms with Gasteiger partial charge in [0.05, 0.1) is 17.3 Å².